The molecule has 1 atom stereocenters. The summed E-state index contributed by atoms with van der Waals surface area (Å²) in [6.45, 7) is 3.04. The molecule has 0 bridgehead atoms. The molecule has 2 aliphatic heterocycles. The van der Waals surface area contributed by atoms with Crippen LogP contribution in [0, 0.1) is 0 Å². The van der Waals surface area contributed by atoms with E-state index >= 15 is 0 Å². The minimum Gasteiger partial charge on any atom is -0.344 e. The first kappa shape index (κ1) is 14.1. The van der Waals surface area contributed by atoms with Gasteiger partial charge in [-0.1, -0.05) is 24.3 Å². The van der Waals surface area contributed by atoms with Gasteiger partial charge in [0, 0.05) is 33.2 Å². The Balaban J connectivity index is 1.81. The standard InChI is InChI=1S/C16H21N3O2/c1-18-7-4-8-19(11-15(18)20)16(21)14-10-17-9-12-5-2-3-6-13(12)14/h2-3,5-6,14,17H,4,7-11H2,1H3. The molecule has 0 saturated carbocycles. The highest BCUT2D eigenvalue weighted by atomic mass is 16.2. The lowest BCUT2D eigenvalue weighted by molar-refractivity contribution is -0.139. The van der Waals surface area contributed by atoms with Crippen LogP contribution in [-0.4, -0.2) is 54.8 Å². The van der Waals surface area contributed by atoms with Gasteiger partial charge in [-0.05, 0) is 17.5 Å². The average molecular weight is 287 g/mol. The number of likely N-dealkylation sites (N-methyl/N-ethyl adjacent to an activating group) is 1. The first-order valence-corrected chi connectivity index (χ1v) is 7.48. The molecule has 2 amide bonds. The number of nitrogens with one attached hydrogen (secondary N) is 1. The van der Waals surface area contributed by atoms with E-state index in [-0.39, 0.29) is 24.3 Å². The number of fused-ring (bicyclic) bond motifs is 1. The molecular weight excluding hydrogens is 266 g/mol. The van der Waals surface area contributed by atoms with Gasteiger partial charge in [-0.2, -0.15) is 0 Å². The Bertz CT molecular complexity index is 558. The molecule has 5 heteroatoms. The van der Waals surface area contributed by atoms with Crippen molar-refractivity contribution in [3.05, 3.63) is 35.4 Å². The summed E-state index contributed by atoms with van der Waals surface area (Å²) in [6.07, 6.45) is 0.843. The third-order valence-corrected chi connectivity index (χ3v) is 4.38. The van der Waals surface area contributed by atoms with Gasteiger partial charge in [0.1, 0.15) is 0 Å². The predicted molar refractivity (Wildman–Crippen MR) is 79.7 cm³/mol. The van der Waals surface area contributed by atoms with Gasteiger partial charge < -0.3 is 15.1 Å². The molecule has 21 heavy (non-hydrogen) atoms. The van der Waals surface area contributed by atoms with Gasteiger partial charge in [0.05, 0.1) is 12.5 Å². The van der Waals surface area contributed by atoms with Crippen molar-refractivity contribution in [1.29, 1.82) is 0 Å². The minimum atomic E-state index is -0.175. The van der Waals surface area contributed by atoms with E-state index in [4.69, 9.17) is 0 Å². The monoisotopic (exact) mass is 287 g/mol. The van der Waals surface area contributed by atoms with E-state index in [0.29, 0.717) is 13.1 Å². The Morgan fingerprint density at radius 1 is 1.29 bits per heavy atom. The molecule has 0 aromatic heterocycles. The second-order valence-electron chi connectivity index (χ2n) is 5.81. The topological polar surface area (TPSA) is 52.6 Å². The van der Waals surface area contributed by atoms with Gasteiger partial charge in [0.2, 0.25) is 11.8 Å². The third kappa shape index (κ3) is 2.78. The van der Waals surface area contributed by atoms with Gasteiger partial charge in [-0.3, -0.25) is 9.59 Å². The maximum absolute atomic E-state index is 12.8. The molecule has 0 radical (unpaired) electrons. The minimum absolute atomic E-state index is 0.0258. The fourth-order valence-electron chi connectivity index (χ4n) is 3.11. The Labute approximate surface area is 124 Å². The molecule has 112 valence electrons. The molecule has 5 nitrogen and oxygen atoms in total. The number of carbonyl (C=O) groups excluding carboxylic acids is 2. The van der Waals surface area contributed by atoms with Crippen LogP contribution >= 0.6 is 0 Å². The van der Waals surface area contributed by atoms with Crippen molar-refractivity contribution in [2.45, 2.75) is 18.9 Å². The highest BCUT2D eigenvalue weighted by Gasteiger charge is 2.32. The zero-order chi connectivity index (χ0) is 14.8. The SMILES string of the molecule is CN1CCCN(C(=O)C2CNCc3ccccc32)CC1=O. The van der Waals surface area contributed by atoms with E-state index in [2.05, 4.69) is 11.4 Å². The summed E-state index contributed by atoms with van der Waals surface area (Å²) in [5.74, 6) is -0.0811. The van der Waals surface area contributed by atoms with Crippen LogP contribution in [0.25, 0.3) is 0 Å². The van der Waals surface area contributed by atoms with Crippen LogP contribution in [0.1, 0.15) is 23.5 Å². The van der Waals surface area contributed by atoms with E-state index < -0.39 is 0 Å². The highest BCUT2D eigenvalue weighted by Crippen LogP contribution is 2.26. The summed E-state index contributed by atoms with van der Waals surface area (Å²) in [5.41, 5.74) is 2.28. The largest absolute Gasteiger partial charge is 0.344 e. The summed E-state index contributed by atoms with van der Waals surface area (Å²) < 4.78 is 0. The second-order valence-corrected chi connectivity index (χ2v) is 5.81. The molecule has 0 aliphatic carbocycles. The molecule has 2 heterocycles. The van der Waals surface area contributed by atoms with Crippen LogP contribution in [0.15, 0.2) is 24.3 Å². The molecule has 3 rings (SSSR count). The number of nitrogens with zero attached hydrogens (tertiary/aromatic N) is 2. The number of carbonyl (C=O) groups is 2. The van der Waals surface area contributed by atoms with Crippen LogP contribution < -0.4 is 5.32 Å². The molecule has 1 aromatic carbocycles. The number of rotatable bonds is 1. The third-order valence-electron chi connectivity index (χ3n) is 4.38. The number of amides is 2. The fraction of sp³-hybridized carbons (Fsp3) is 0.500. The van der Waals surface area contributed by atoms with E-state index in [1.165, 1.54) is 5.56 Å². The van der Waals surface area contributed by atoms with Crippen molar-refractivity contribution in [3.8, 4) is 0 Å². The van der Waals surface area contributed by atoms with Gasteiger partial charge in [0.15, 0.2) is 0 Å². The summed E-state index contributed by atoms with van der Waals surface area (Å²) in [5, 5.41) is 3.30. The lowest BCUT2D eigenvalue weighted by Crippen LogP contribution is -2.44. The van der Waals surface area contributed by atoms with Crippen molar-refractivity contribution in [2.75, 3.05) is 33.2 Å². The zero-order valence-corrected chi connectivity index (χ0v) is 12.3. The Morgan fingerprint density at radius 3 is 2.95 bits per heavy atom. The van der Waals surface area contributed by atoms with Crippen molar-refractivity contribution in [3.63, 3.8) is 0 Å². The van der Waals surface area contributed by atoms with Gasteiger partial charge in [-0.25, -0.2) is 0 Å². The van der Waals surface area contributed by atoms with Gasteiger partial charge >= 0.3 is 0 Å². The molecule has 2 aliphatic rings. The van der Waals surface area contributed by atoms with Crippen molar-refractivity contribution in [2.24, 2.45) is 0 Å². The van der Waals surface area contributed by atoms with E-state index in [1.807, 2.05) is 18.2 Å². The first-order chi connectivity index (χ1) is 10.2. The predicted octanol–water partition coefficient (Wildman–Crippen LogP) is 0.564. The summed E-state index contributed by atoms with van der Waals surface area (Å²) in [6, 6.07) is 8.07. The average Bonchev–Trinajstić information content (AvgIpc) is 2.68. The van der Waals surface area contributed by atoms with E-state index in [0.717, 1.165) is 25.1 Å². The first-order valence-electron chi connectivity index (χ1n) is 7.48. The molecule has 1 N–H and O–H groups in total. The quantitative estimate of drug-likeness (QED) is 0.821. The smallest absolute Gasteiger partial charge is 0.241 e. The van der Waals surface area contributed by atoms with Crippen molar-refractivity contribution in [1.82, 2.24) is 15.1 Å². The van der Waals surface area contributed by atoms with Gasteiger partial charge in [-0.15, -0.1) is 0 Å². The maximum atomic E-state index is 12.8. The Hall–Kier alpha value is -1.88. The lowest BCUT2D eigenvalue weighted by atomic mass is 9.89. The van der Waals surface area contributed by atoms with Crippen LogP contribution in [0.4, 0.5) is 0 Å². The number of hydrogen-bond donors (Lipinski definition) is 1. The second kappa shape index (κ2) is 5.85. The maximum Gasteiger partial charge on any atom is 0.241 e. The summed E-state index contributed by atoms with van der Waals surface area (Å²) >= 11 is 0. The molecule has 1 fully saturated rings. The van der Waals surface area contributed by atoms with Crippen LogP contribution in [0.2, 0.25) is 0 Å². The fourth-order valence-corrected chi connectivity index (χ4v) is 3.11. The molecule has 1 unspecified atom stereocenters. The Morgan fingerprint density at radius 2 is 2.10 bits per heavy atom. The van der Waals surface area contributed by atoms with Crippen LogP contribution in [0.3, 0.4) is 0 Å². The highest BCUT2D eigenvalue weighted by molar-refractivity contribution is 5.89. The zero-order valence-electron chi connectivity index (χ0n) is 12.3. The van der Waals surface area contributed by atoms with Crippen LogP contribution in [-0.2, 0) is 16.1 Å². The normalized spacial score (nSPS) is 22.7. The Kier molecular flexibility index (Phi) is 3.92. The van der Waals surface area contributed by atoms with Gasteiger partial charge in [0.25, 0.3) is 0 Å². The number of hydrogen-bond acceptors (Lipinski definition) is 3. The van der Waals surface area contributed by atoms with E-state index in [9.17, 15) is 9.59 Å². The summed E-state index contributed by atoms with van der Waals surface area (Å²) in [7, 11) is 1.80. The molecule has 0 spiro atoms. The lowest BCUT2D eigenvalue weighted by Gasteiger charge is -2.30. The summed E-state index contributed by atoms with van der Waals surface area (Å²) in [4.78, 5) is 28.2. The number of benzene rings is 1. The van der Waals surface area contributed by atoms with Crippen molar-refractivity contribution >= 4 is 11.8 Å². The molecular formula is C16H21N3O2. The van der Waals surface area contributed by atoms with Crippen molar-refractivity contribution < 1.29 is 9.59 Å². The van der Waals surface area contributed by atoms with E-state index in [1.54, 1.807) is 16.8 Å². The molecule has 1 saturated heterocycles. The molecule has 1 aromatic rings. The van der Waals surface area contributed by atoms with Crippen LogP contribution in [0.5, 0.6) is 0 Å².